The van der Waals surface area contributed by atoms with E-state index in [2.05, 4.69) is 43.4 Å². The molecule has 152 valence electrons. The second-order valence-corrected chi connectivity index (χ2v) is 8.46. The van der Waals surface area contributed by atoms with Crippen molar-refractivity contribution in [3.8, 4) is 5.75 Å². The van der Waals surface area contributed by atoms with Crippen LogP contribution in [0.25, 0.3) is 0 Å². The number of halogens is 1. The Bertz CT molecular complexity index is 966. The second-order valence-electron chi connectivity index (χ2n) is 6.60. The lowest BCUT2D eigenvalue weighted by Crippen LogP contribution is -2.16. The summed E-state index contributed by atoms with van der Waals surface area (Å²) in [6.07, 6.45) is 0.998. The van der Waals surface area contributed by atoms with E-state index >= 15 is 0 Å². The number of carbonyl (C=O) groups excluding carboxylic acids is 1. The molecule has 0 aliphatic rings. The molecule has 3 aromatic rings. The van der Waals surface area contributed by atoms with Crippen LogP contribution in [0.15, 0.2) is 46.0 Å². The number of amides is 1. The van der Waals surface area contributed by atoms with Crippen molar-refractivity contribution in [3.05, 3.63) is 63.4 Å². The van der Waals surface area contributed by atoms with Gasteiger partial charge in [0.05, 0.1) is 5.75 Å². The number of rotatable bonds is 8. The van der Waals surface area contributed by atoms with Crippen LogP contribution in [0, 0.1) is 13.8 Å². The zero-order valence-electron chi connectivity index (χ0n) is 16.6. The Balaban J connectivity index is 1.49. The topological polar surface area (TPSA) is 79.9 Å². The third-order valence-electron chi connectivity index (χ3n) is 4.31. The number of hydrogen-bond donors (Lipinski definition) is 2. The van der Waals surface area contributed by atoms with Gasteiger partial charge in [-0.25, -0.2) is 4.98 Å². The lowest BCUT2D eigenvalue weighted by Gasteiger charge is -2.11. The molecule has 1 aromatic heterocycles. The maximum absolute atomic E-state index is 12.3. The van der Waals surface area contributed by atoms with Crippen LogP contribution in [0.4, 0.5) is 5.69 Å². The average Bonchev–Trinajstić information content (AvgIpc) is 3.16. The van der Waals surface area contributed by atoms with Gasteiger partial charge in [-0.2, -0.15) is 0 Å². The lowest BCUT2D eigenvalue weighted by molar-refractivity contribution is -0.113. The third-order valence-corrected chi connectivity index (χ3v) is 5.62. The number of nitrogens with one attached hydrogen (secondary N) is 2. The van der Waals surface area contributed by atoms with Crippen molar-refractivity contribution in [3.63, 3.8) is 0 Å². The first-order chi connectivity index (χ1) is 13.9. The SMILES string of the molecule is CCc1ccc(OCc2nc(SCC(=O)Nc3c(C)cc(Br)cc3C)n[nH]2)cc1. The molecule has 0 spiro atoms. The molecular formula is C21H23BrN4O2S. The fourth-order valence-electron chi connectivity index (χ4n) is 2.79. The van der Waals surface area contributed by atoms with Crippen LogP contribution in [0.3, 0.4) is 0 Å². The Morgan fingerprint density at radius 1 is 1.21 bits per heavy atom. The normalized spacial score (nSPS) is 10.8. The molecule has 2 N–H and O–H groups in total. The number of aromatic amines is 1. The first-order valence-electron chi connectivity index (χ1n) is 9.27. The number of aromatic nitrogens is 3. The molecule has 0 unspecified atom stereocenters. The van der Waals surface area contributed by atoms with Gasteiger partial charge in [-0.1, -0.05) is 46.7 Å². The zero-order chi connectivity index (χ0) is 20.8. The smallest absolute Gasteiger partial charge is 0.234 e. The van der Waals surface area contributed by atoms with E-state index in [1.54, 1.807) is 0 Å². The number of carbonyl (C=O) groups is 1. The van der Waals surface area contributed by atoms with E-state index < -0.39 is 0 Å². The Labute approximate surface area is 183 Å². The molecule has 0 aliphatic carbocycles. The fraction of sp³-hybridized carbons (Fsp3) is 0.286. The number of anilines is 1. The standard InChI is InChI=1S/C21H23BrN4O2S/c1-4-15-5-7-17(8-6-15)28-11-18-23-21(26-25-18)29-12-19(27)24-20-13(2)9-16(22)10-14(20)3/h5-10H,4,11-12H2,1-3H3,(H,24,27)(H,23,25,26). The number of aryl methyl sites for hydroxylation is 3. The summed E-state index contributed by atoms with van der Waals surface area (Å²) in [6.45, 7) is 6.35. The quantitative estimate of drug-likeness (QED) is 0.446. The molecule has 8 heteroatoms. The highest BCUT2D eigenvalue weighted by molar-refractivity contribution is 9.10. The fourth-order valence-corrected chi connectivity index (χ4v) is 4.10. The summed E-state index contributed by atoms with van der Waals surface area (Å²) in [5.74, 6) is 1.53. The Kier molecular flexibility index (Phi) is 7.33. The first-order valence-corrected chi connectivity index (χ1v) is 11.0. The molecule has 6 nitrogen and oxygen atoms in total. The first kappa shape index (κ1) is 21.4. The van der Waals surface area contributed by atoms with Gasteiger partial charge in [0.1, 0.15) is 12.4 Å². The minimum atomic E-state index is -0.0952. The summed E-state index contributed by atoms with van der Waals surface area (Å²) in [5.41, 5.74) is 4.14. The minimum absolute atomic E-state index is 0.0952. The average molecular weight is 475 g/mol. The van der Waals surface area contributed by atoms with Crippen molar-refractivity contribution >= 4 is 39.3 Å². The van der Waals surface area contributed by atoms with Crippen LogP contribution >= 0.6 is 27.7 Å². The van der Waals surface area contributed by atoms with Crippen LogP contribution in [0.2, 0.25) is 0 Å². The van der Waals surface area contributed by atoms with Crippen molar-refractivity contribution < 1.29 is 9.53 Å². The highest BCUT2D eigenvalue weighted by Gasteiger charge is 2.11. The number of benzene rings is 2. The molecule has 2 aromatic carbocycles. The molecule has 0 saturated carbocycles. The number of H-pyrrole nitrogens is 1. The highest BCUT2D eigenvalue weighted by atomic mass is 79.9. The molecule has 0 saturated heterocycles. The Morgan fingerprint density at radius 3 is 2.55 bits per heavy atom. The molecule has 0 bridgehead atoms. The monoisotopic (exact) mass is 474 g/mol. The maximum atomic E-state index is 12.3. The van der Waals surface area contributed by atoms with Crippen molar-refractivity contribution in [2.45, 2.75) is 39.0 Å². The molecule has 0 aliphatic heterocycles. The van der Waals surface area contributed by atoms with Gasteiger partial charge in [-0.15, -0.1) is 5.10 Å². The molecule has 3 rings (SSSR count). The number of thioether (sulfide) groups is 1. The van der Waals surface area contributed by atoms with Crippen LogP contribution in [0.5, 0.6) is 5.75 Å². The summed E-state index contributed by atoms with van der Waals surface area (Å²) in [5, 5.41) is 10.5. The van der Waals surface area contributed by atoms with E-state index in [1.807, 2.05) is 50.2 Å². The number of nitrogens with zero attached hydrogens (tertiary/aromatic N) is 2. The van der Waals surface area contributed by atoms with Gasteiger partial charge in [-0.3, -0.25) is 9.89 Å². The van der Waals surface area contributed by atoms with Crippen LogP contribution in [-0.4, -0.2) is 26.8 Å². The second kappa shape index (κ2) is 9.93. The number of hydrogen-bond acceptors (Lipinski definition) is 5. The van der Waals surface area contributed by atoms with Gasteiger partial charge in [-0.05, 0) is 61.2 Å². The molecule has 0 atom stereocenters. The largest absolute Gasteiger partial charge is 0.486 e. The predicted molar refractivity (Wildman–Crippen MR) is 120 cm³/mol. The summed E-state index contributed by atoms with van der Waals surface area (Å²) >= 11 is 4.74. The van der Waals surface area contributed by atoms with Gasteiger partial charge in [0.2, 0.25) is 11.1 Å². The molecule has 0 fully saturated rings. The van der Waals surface area contributed by atoms with E-state index in [1.165, 1.54) is 17.3 Å². The number of ether oxygens (including phenoxy) is 1. The lowest BCUT2D eigenvalue weighted by atomic mass is 10.1. The van der Waals surface area contributed by atoms with E-state index in [-0.39, 0.29) is 11.7 Å². The summed E-state index contributed by atoms with van der Waals surface area (Å²) in [4.78, 5) is 16.7. The van der Waals surface area contributed by atoms with Crippen molar-refractivity contribution in [2.75, 3.05) is 11.1 Å². The van der Waals surface area contributed by atoms with E-state index in [9.17, 15) is 4.79 Å². The van der Waals surface area contributed by atoms with Gasteiger partial charge in [0.25, 0.3) is 0 Å². The molecule has 0 radical (unpaired) electrons. The van der Waals surface area contributed by atoms with Crippen molar-refractivity contribution in [2.24, 2.45) is 0 Å². The maximum Gasteiger partial charge on any atom is 0.234 e. The van der Waals surface area contributed by atoms with Gasteiger partial charge >= 0.3 is 0 Å². The van der Waals surface area contributed by atoms with Crippen LogP contribution in [0.1, 0.15) is 29.4 Å². The van der Waals surface area contributed by atoms with E-state index in [0.717, 1.165) is 33.5 Å². The van der Waals surface area contributed by atoms with Crippen LogP contribution in [-0.2, 0) is 17.8 Å². The van der Waals surface area contributed by atoms with Crippen LogP contribution < -0.4 is 10.1 Å². The molecule has 1 amide bonds. The van der Waals surface area contributed by atoms with E-state index in [4.69, 9.17) is 4.74 Å². The molecule has 29 heavy (non-hydrogen) atoms. The van der Waals surface area contributed by atoms with Crippen molar-refractivity contribution in [1.29, 1.82) is 0 Å². The predicted octanol–water partition coefficient (Wildman–Crippen LogP) is 5.06. The van der Waals surface area contributed by atoms with Gasteiger partial charge in [0.15, 0.2) is 5.82 Å². The van der Waals surface area contributed by atoms with Crippen molar-refractivity contribution in [1.82, 2.24) is 15.2 Å². The zero-order valence-corrected chi connectivity index (χ0v) is 19.0. The summed E-state index contributed by atoms with van der Waals surface area (Å²) in [6, 6.07) is 11.9. The minimum Gasteiger partial charge on any atom is -0.486 e. The summed E-state index contributed by atoms with van der Waals surface area (Å²) < 4.78 is 6.72. The highest BCUT2D eigenvalue weighted by Crippen LogP contribution is 2.25. The Morgan fingerprint density at radius 2 is 1.90 bits per heavy atom. The Hall–Kier alpha value is -2.32. The summed E-state index contributed by atoms with van der Waals surface area (Å²) in [7, 11) is 0. The van der Waals surface area contributed by atoms with Gasteiger partial charge < -0.3 is 10.1 Å². The van der Waals surface area contributed by atoms with Gasteiger partial charge in [0, 0.05) is 10.2 Å². The molecule has 1 heterocycles. The van der Waals surface area contributed by atoms with E-state index in [0.29, 0.717) is 17.6 Å². The molecular weight excluding hydrogens is 452 g/mol. The third kappa shape index (κ3) is 6.08.